The highest BCUT2D eigenvalue weighted by Gasteiger charge is 2.51. The van der Waals surface area contributed by atoms with E-state index in [0.717, 1.165) is 34.2 Å². The van der Waals surface area contributed by atoms with Gasteiger partial charge in [-0.05, 0) is 48.2 Å². The number of nitrogens with one attached hydrogen (secondary N) is 1. The zero-order chi connectivity index (χ0) is 19.1. The van der Waals surface area contributed by atoms with Crippen molar-refractivity contribution in [2.45, 2.75) is 45.8 Å². The summed E-state index contributed by atoms with van der Waals surface area (Å²) in [7, 11) is 0. The first-order valence-electron chi connectivity index (χ1n) is 8.79. The van der Waals surface area contributed by atoms with E-state index in [-0.39, 0.29) is 12.1 Å². The molecule has 1 aliphatic rings. The van der Waals surface area contributed by atoms with Gasteiger partial charge in [0, 0.05) is 6.54 Å². The average molecular weight is 364 g/mol. The second-order valence-electron chi connectivity index (χ2n) is 7.59. The van der Waals surface area contributed by atoms with E-state index in [9.17, 15) is 18.0 Å². The topological polar surface area (TPSA) is 32.3 Å². The van der Waals surface area contributed by atoms with Crippen LogP contribution in [0.5, 0.6) is 0 Å². The van der Waals surface area contributed by atoms with Crippen molar-refractivity contribution in [1.29, 1.82) is 0 Å². The molecule has 6 heteroatoms. The number of fused-ring (bicyclic) bond motifs is 1. The van der Waals surface area contributed by atoms with Gasteiger partial charge >= 0.3 is 6.18 Å². The van der Waals surface area contributed by atoms with E-state index in [2.05, 4.69) is 12.3 Å². The number of nitrogens with zero attached hydrogens (tertiary/aromatic N) is 1. The van der Waals surface area contributed by atoms with E-state index in [0.29, 0.717) is 0 Å². The van der Waals surface area contributed by atoms with Crippen LogP contribution in [0.1, 0.15) is 44.4 Å². The van der Waals surface area contributed by atoms with Crippen LogP contribution in [0.25, 0.3) is 10.8 Å². The molecule has 0 saturated carbocycles. The molecule has 0 radical (unpaired) electrons. The summed E-state index contributed by atoms with van der Waals surface area (Å²) < 4.78 is 41.5. The Morgan fingerprint density at radius 3 is 2.42 bits per heavy atom. The van der Waals surface area contributed by atoms with Crippen molar-refractivity contribution in [1.82, 2.24) is 10.4 Å². The number of alkyl halides is 3. The van der Waals surface area contributed by atoms with Crippen LogP contribution < -0.4 is 5.43 Å². The number of hydrogen-bond acceptors (Lipinski definition) is 2. The van der Waals surface area contributed by atoms with Crippen LogP contribution in [-0.4, -0.2) is 23.6 Å². The molecule has 2 aromatic rings. The van der Waals surface area contributed by atoms with Gasteiger partial charge in [0.2, 0.25) is 5.91 Å². The molecule has 2 aromatic carbocycles. The third-order valence-corrected chi connectivity index (χ3v) is 4.83. The lowest BCUT2D eigenvalue weighted by molar-refractivity contribution is -0.191. The van der Waals surface area contributed by atoms with Crippen LogP contribution in [0.4, 0.5) is 13.2 Å². The van der Waals surface area contributed by atoms with Gasteiger partial charge in [-0.15, -0.1) is 0 Å². The summed E-state index contributed by atoms with van der Waals surface area (Å²) in [5.74, 6) is -0.391. The third kappa shape index (κ3) is 3.56. The lowest BCUT2D eigenvalue weighted by Gasteiger charge is -2.30. The first-order valence-corrected chi connectivity index (χ1v) is 8.79. The Hall–Kier alpha value is -2.08. The Labute approximate surface area is 151 Å². The zero-order valence-electron chi connectivity index (χ0n) is 15.2. The summed E-state index contributed by atoms with van der Waals surface area (Å²) in [5, 5.41) is 2.70. The third-order valence-electron chi connectivity index (χ3n) is 4.83. The van der Waals surface area contributed by atoms with Gasteiger partial charge in [-0.3, -0.25) is 10.2 Å². The maximum absolute atomic E-state index is 13.8. The molecule has 1 unspecified atom stereocenters. The summed E-state index contributed by atoms with van der Waals surface area (Å²) in [4.78, 5) is 12.0. The van der Waals surface area contributed by atoms with Crippen LogP contribution in [0, 0.1) is 5.41 Å². The average Bonchev–Trinajstić information content (AvgIpc) is 2.79. The van der Waals surface area contributed by atoms with Crippen molar-refractivity contribution in [3.63, 3.8) is 0 Å². The highest BCUT2D eigenvalue weighted by atomic mass is 19.4. The lowest BCUT2D eigenvalue weighted by Crippen LogP contribution is -2.43. The fourth-order valence-corrected chi connectivity index (χ4v) is 3.45. The van der Waals surface area contributed by atoms with Gasteiger partial charge < -0.3 is 0 Å². The van der Waals surface area contributed by atoms with Gasteiger partial charge in [0.1, 0.15) is 6.04 Å². The molecule has 3 rings (SSSR count). The predicted octanol–water partition coefficient (Wildman–Crippen LogP) is 4.77. The number of carbonyl (C=O) groups is 1. The summed E-state index contributed by atoms with van der Waals surface area (Å²) >= 11 is 0. The normalized spacial score (nSPS) is 18.9. The van der Waals surface area contributed by atoms with E-state index in [1.165, 1.54) is 6.07 Å². The number of amides is 1. The fraction of sp³-hybridized carbons (Fsp3) is 0.450. The van der Waals surface area contributed by atoms with Crippen LogP contribution >= 0.6 is 0 Å². The Kier molecular flexibility index (Phi) is 4.73. The minimum Gasteiger partial charge on any atom is -0.287 e. The van der Waals surface area contributed by atoms with Gasteiger partial charge in [0.15, 0.2) is 0 Å². The number of hydrogen-bond donors (Lipinski definition) is 1. The summed E-state index contributed by atoms with van der Waals surface area (Å²) in [6.07, 6.45) is -2.63. The highest BCUT2D eigenvalue weighted by Crippen LogP contribution is 2.41. The first kappa shape index (κ1) is 18.7. The van der Waals surface area contributed by atoms with Crippen molar-refractivity contribution in [3.05, 3.63) is 47.5 Å². The second kappa shape index (κ2) is 6.58. The van der Waals surface area contributed by atoms with Gasteiger partial charge in [-0.25, -0.2) is 5.01 Å². The molecule has 1 N–H and O–H groups in total. The Morgan fingerprint density at radius 1 is 1.15 bits per heavy atom. The smallest absolute Gasteiger partial charge is 0.287 e. The van der Waals surface area contributed by atoms with E-state index in [4.69, 9.17) is 0 Å². The number of hydrazine groups is 1. The van der Waals surface area contributed by atoms with E-state index < -0.39 is 23.5 Å². The van der Waals surface area contributed by atoms with Crippen molar-refractivity contribution < 1.29 is 18.0 Å². The van der Waals surface area contributed by atoms with Gasteiger partial charge in [0.05, 0.1) is 5.41 Å². The van der Waals surface area contributed by atoms with Crippen molar-refractivity contribution in [3.8, 4) is 0 Å². The number of aryl methyl sites for hydroxylation is 1. The molecule has 1 aliphatic heterocycles. The van der Waals surface area contributed by atoms with E-state index in [1.807, 2.05) is 18.2 Å². The van der Waals surface area contributed by atoms with Crippen LogP contribution in [0.15, 0.2) is 36.4 Å². The first-order chi connectivity index (χ1) is 12.1. The molecule has 1 saturated heterocycles. The Morgan fingerprint density at radius 2 is 1.85 bits per heavy atom. The van der Waals surface area contributed by atoms with Crippen molar-refractivity contribution >= 4 is 16.7 Å². The summed E-state index contributed by atoms with van der Waals surface area (Å²) in [5.41, 5.74) is 2.79. The maximum Gasteiger partial charge on any atom is 0.409 e. The molecule has 0 spiro atoms. The Balaban J connectivity index is 2.03. The van der Waals surface area contributed by atoms with Gasteiger partial charge in [-0.2, -0.15) is 13.2 Å². The number of rotatable bonds is 4. The minimum atomic E-state index is -4.50. The minimum absolute atomic E-state index is 0.00389. The standard InChI is InChI=1S/C20H23F3N2O/c1-4-5-13-6-7-14-8-9-15(11-16(14)10-13)17(20(21,22)23)25-12-19(2,3)18(26)24-25/h6-11,17H,4-5,12H2,1-3H3,(H,24,26). The molecule has 0 bridgehead atoms. The zero-order valence-corrected chi connectivity index (χ0v) is 15.2. The quantitative estimate of drug-likeness (QED) is 0.848. The largest absolute Gasteiger partial charge is 0.409 e. The Bertz CT molecular complexity index is 829. The number of carbonyl (C=O) groups excluding carboxylic acids is 1. The van der Waals surface area contributed by atoms with Gasteiger partial charge in [0.25, 0.3) is 0 Å². The summed E-state index contributed by atoms with van der Waals surface area (Å²) in [6.45, 7) is 5.36. The summed E-state index contributed by atoms with van der Waals surface area (Å²) in [6, 6.07) is 8.82. The van der Waals surface area contributed by atoms with Gasteiger partial charge in [-0.1, -0.05) is 43.7 Å². The molecule has 26 heavy (non-hydrogen) atoms. The molecule has 0 aromatic heterocycles. The molecule has 0 aliphatic carbocycles. The molecule has 1 heterocycles. The predicted molar refractivity (Wildman–Crippen MR) is 95.4 cm³/mol. The number of benzene rings is 2. The number of halogens is 3. The van der Waals surface area contributed by atoms with Crippen LogP contribution in [-0.2, 0) is 11.2 Å². The van der Waals surface area contributed by atoms with Crippen LogP contribution in [0.2, 0.25) is 0 Å². The highest BCUT2D eigenvalue weighted by molar-refractivity contribution is 5.85. The molecule has 1 amide bonds. The fourth-order valence-electron chi connectivity index (χ4n) is 3.45. The van der Waals surface area contributed by atoms with E-state index >= 15 is 0 Å². The maximum atomic E-state index is 13.8. The molecular weight excluding hydrogens is 341 g/mol. The molecular formula is C20H23F3N2O. The van der Waals surface area contributed by atoms with Crippen molar-refractivity contribution in [2.24, 2.45) is 5.41 Å². The van der Waals surface area contributed by atoms with Crippen LogP contribution in [0.3, 0.4) is 0 Å². The molecule has 140 valence electrons. The SMILES string of the molecule is CCCc1ccc2ccc(C(N3CC(C)(C)C(=O)N3)C(F)(F)F)cc2c1. The molecule has 3 nitrogen and oxygen atoms in total. The lowest BCUT2D eigenvalue weighted by atomic mass is 9.93. The second-order valence-corrected chi connectivity index (χ2v) is 7.59. The molecule has 1 atom stereocenters. The molecule has 1 fully saturated rings. The van der Waals surface area contributed by atoms with E-state index in [1.54, 1.807) is 26.0 Å². The monoisotopic (exact) mass is 364 g/mol. The van der Waals surface area contributed by atoms with Crippen molar-refractivity contribution in [2.75, 3.05) is 6.54 Å².